The smallest absolute Gasteiger partial charge is 0.168 e. The van der Waals surface area contributed by atoms with Gasteiger partial charge in [-0.1, -0.05) is 31.9 Å². The summed E-state index contributed by atoms with van der Waals surface area (Å²) in [5, 5.41) is 0. The van der Waals surface area contributed by atoms with Gasteiger partial charge in [0.15, 0.2) is 12.4 Å². The summed E-state index contributed by atoms with van der Waals surface area (Å²) in [6.45, 7) is 7.31. The first-order chi connectivity index (χ1) is 7.86. The summed E-state index contributed by atoms with van der Waals surface area (Å²) in [5.41, 5.74) is 0. The molecule has 0 N–H and O–H groups in total. The minimum atomic E-state index is 0.712. The predicted molar refractivity (Wildman–Crippen MR) is 69.1 cm³/mol. The van der Waals surface area contributed by atoms with Crippen LogP contribution in [0.2, 0.25) is 0 Å². The topological polar surface area (TPSA) is 3.88 Å². The van der Waals surface area contributed by atoms with Gasteiger partial charge in [0.25, 0.3) is 0 Å². The quantitative estimate of drug-likeness (QED) is 0.462. The van der Waals surface area contributed by atoms with E-state index in [1.807, 2.05) is 0 Å². The van der Waals surface area contributed by atoms with Crippen molar-refractivity contribution in [3.8, 4) is 0 Å². The van der Waals surface area contributed by atoms with E-state index in [-0.39, 0.29) is 0 Å². The van der Waals surface area contributed by atoms with E-state index < -0.39 is 0 Å². The lowest BCUT2D eigenvalue weighted by atomic mass is 9.97. The van der Waals surface area contributed by atoms with Crippen LogP contribution in [0.15, 0.2) is 43.2 Å². The van der Waals surface area contributed by atoms with E-state index >= 15 is 0 Å². The lowest BCUT2D eigenvalue weighted by Crippen LogP contribution is -2.32. The number of aromatic nitrogens is 1. The number of nitrogens with zero attached hydrogens (tertiary/aromatic N) is 1. The summed E-state index contributed by atoms with van der Waals surface area (Å²) >= 11 is 0. The normalized spacial score (nSPS) is 12.3. The summed E-state index contributed by atoms with van der Waals surface area (Å²) < 4.78 is 2.25. The minimum Gasteiger partial charge on any atom is -0.205 e. The van der Waals surface area contributed by atoms with Crippen LogP contribution in [0.3, 0.4) is 0 Å². The summed E-state index contributed by atoms with van der Waals surface area (Å²) in [5.74, 6) is 0.712. The molecule has 0 saturated heterocycles. The first kappa shape index (κ1) is 13.0. The van der Waals surface area contributed by atoms with Gasteiger partial charge >= 0.3 is 0 Å². The van der Waals surface area contributed by atoms with Crippen molar-refractivity contribution in [2.24, 2.45) is 5.92 Å². The van der Waals surface area contributed by atoms with Gasteiger partial charge in [0.2, 0.25) is 0 Å². The number of pyridine rings is 1. The van der Waals surface area contributed by atoms with E-state index in [1.54, 1.807) is 0 Å². The molecule has 88 valence electrons. The van der Waals surface area contributed by atoms with Crippen LogP contribution in [-0.4, -0.2) is 0 Å². The molecule has 1 atom stereocenters. The van der Waals surface area contributed by atoms with Crippen molar-refractivity contribution in [1.29, 1.82) is 0 Å². The van der Waals surface area contributed by atoms with Crippen LogP contribution in [0.1, 0.15) is 39.0 Å². The zero-order valence-electron chi connectivity index (χ0n) is 10.4. The summed E-state index contributed by atoms with van der Waals surface area (Å²) in [6, 6.07) is 6.23. The Morgan fingerprint density at radius 3 is 2.44 bits per heavy atom. The van der Waals surface area contributed by atoms with Crippen molar-refractivity contribution < 1.29 is 4.57 Å². The van der Waals surface area contributed by atoms with E-state index in [0.29, 0.717) is 5.92 Å². The third-order valence-electron chi connectivity index (χ3n) is 3.03. The molecule has 0 spiro atoms. The Hall–Kier alpha value is -1.11. The van der Waals surface area contributed by atoms with Crippen LogP contribution in [0.4, 0.5) is 0 Å². The van der Waals surface area contributed by atoms with Gasteiger partial charge in [-0.3, -0.25) is 0 Å². The van der Waals surface area contributed by atoms with Gasteiger partial charge in [0, 0.05) is 18.6 Å². The van der Waals surface area contributed by atoms with Crippen LogP contribution in [0.25, 0.3) is 0 Å². The molecule has 1 aromatic heterocycles. The molecule has 1 aromatic rings. The van der Waals surface area contributed by atoms with Crippen molar-refractivity contribution in [2.45, 2.75) is 45.6 Å². The maximum atomic E-state index is 3.93. The Kier molecular flexibility index (Phi) is 6.55. The fourth-order valence-corrected chi connectivity index (χ4v) is 1.97. The van der Waals surface area contributed by atoms with Gasteiger partial charge in [-0.05, 0) is 18.8 Å². The van der Waals surface area contributed by atoms with Crippen molar-refractivity contribution in [3.05, 3.63) is 43.2 Å². The maximum absolute atomic E-state index is 3.93. The van der Waals surface area contributed by atoms with E-state index in [4.69, 9.17) is 0 Å². The molecule has 1 nitrogen and oxygen atoms in total. The number of allylic oxidation sites excluding steroid dienone is 1. The third-order valence-corrected chi connectivity index (χ3v) is 3.03. The molecule has 0 aliphatic heterocycles. The van der Waals surface area contributed by atoms with Gasteiger partial charge in [-0.2, -0.15) is 0 Å². The monoisotopic (exact) mass is 218 g/mol. The summed E-state index contributed by atoms with van der Waals surface area (Å²) in [4.78, 5) is 0. The van der Waals surface area contributed by atoms with Crippen molar-refractivity contribution in [1.82, 2.24) is 0 Å². The van der Waals surface area contributed by atoms with Gasteiger partial charge in [0.05, 0.1) is 0 Å². The fraction of sp³-hybridized carbons (Fsp3) is 0.533. The molecule has 1 heterocycles. The Morgan fingerprint density at radius 1 is 1.12 bits per heavy atom. The highest BCUT2D eigenvalue weighted by Crippen LogP contribution is 2.15. The van der Waals surface area contributed by atoms with Gasteiger partial charge in [-0.15, -0.1) is 6.58 Å². The second-order valence-corrected chi connectivity index (χ2v) is 4.39. The summed E-state index contributed by atoms with van der Waals surface area (Å²) in [7, 11) is 0. The number of hydrogen-bond acceptors (Lipinski definition) is 0. The van der Waals surface area contributed by atoms with Crippen LogP contribution in [-0.2, 0) is 6.54 Å². The lowest BCUT2D eigenvalue weighted by Gasteiger charge is -2.09. The summed E-state index contributed by atoms with van der Waals surface area (Å²) in [6.07, 6.45) is 12.8. The molecule has 1 unspecified atom stereocenters. The van der Waals surface area contributed by atoms with Crippen LogP contribution in [0, 0.1) is 5.92 Å². The molecular weight excluding hydrogens is 194 g/mol. The third kappa shape index (κ3) is 5.11. The zero-order valence-corrected chi connectivity index (χ0v) is 10.4. The second-order valence-electron chi connectivity index (χ2n) is 4.39. The molecule has 1 heteroatoms. The highest BCUT2D eigenvalue weighted by molar-refractivity contribution is 4.83. The Balaban J connectivity index is 2.20. The maximum Gasteiger partial charge on any atom is 0.168 e. The fourth-order valence-electron chi connectivity index (χ4n) is 1.97. The molecule has 0 aliphatic rings. The Bertz CT molecular complexity index is 279. The molecule has 16 heavy (non-hydrogen) atoms. The molecule has 1 rings (SSSR count). The average Bonchev–Trinajstić information content (AvgIpc) is 2.35. The largest absolute Gasteiger partial charge is 0.205 e. The van der Waals surface area contributed by atoms with E-state index in [1.165, 1.54) is 32.1 Å². The average molecular weight is 218 g/mol. The minimum absolute atomic E-state index is 0.712. The number of unbranched alkanes of at least 4 members (excludes halogenated alkanes) is 1. The molecule has 0 aliphatic carbocycles. The van der Waals surface area contributed by atoms with Crippen LogP contribution >= 0.6 is 0 Å². The highest BCUT2D eigenvalue weighted by Gasteiger charge is 2.05. The molecule has 0 amide bonds. The van der Waals surface area contributed by atoms with Crippen molar-refractivity contribution >= 4 is 0 Å². The van der Waals surface area contributed by atoms with Gasteiger partial charge in [0.1, 0.15) is 6.54 Å². The van der Waals surface area contributed by atoms with Gasteiger partial charge in [-0.25, -0.2) is 4.57 Å². The lowest BCUT2D eigenvalue weighted by molar-refractivity contribution is -0.697. The predicted octanol–water partition coefficient (Wildman–Crippen LogP) is 3.75. The number of hydrogen-bond donors (Lipinski definition) is 0. The Labute approximate surface area is 99.8 Å². The van der Waals surface area contributed by atoms with Crippen LogP contribution < -0.4 is 4.57 Å². The molecular formula is C15H24N+. The first-order valence-corrected chi connectivity index (χ1v) is 6.43. The molecule has 0 fully saturated rings. The number of aryl methyl sites for hydroxylation is 1. The molecule has 0 bridgehead atoms. The highest BCUT2D eigenvalue weighted by atomic mass is 14.9. The Morgan fingerprint density at radius 2 is 1.81 bits per heavy atom. The SMILES string of the molecule is C=CC(CCCC)CCC[n+]1ccccc1. The van der Waals surface area contributed by atoms with Crippen molar-refractivity contribution in [2.75, 3.05) is 0 Å². The standard InChI is InChI=1S/C15H24N/c1-3-5-10-15(4-2)11-9-14-16-12-7-6-8-13-16/h4,6-8,12-13,15H,2-3,5,9-11,14H2,1H3/q+1. The van der Waals surface area contributed by atoms with Crippen molar-refractivity contribution in [3.63, 3.8) is 0 Å². The van der Waals surface area contributed by atoms with E-state index in [2.05, 4.69) is 54.7 Å². The molecule has 0 radical (unpaired) electrons. The zero-order chi connectivity index (χ0) is 11.6. The second kappa shape index (κ2) is 8.09. The molecule has 0 aromatic carbocycles. The van der Waals surface area contributed by atoms with Crippen LogP contribution in [0.5, 0.6) is 0 Å². The molecule has 0 saturated carbocycles. The van der Waals surface area contributed by atoms with Gasteiger partial charge < -0.3 is 0 Å². The van der Waals surface area contributed by atoms with E-state index in [0.717, 1.165) is 6.54 Å². The number of rotatable bonds is 8. The first-order valence-electron chi connectivity index (χ1n) is 6.43. The van der Waals surface area contributed by atoms with E-state index in [9.17, 15) is 0 Å².